The maximum atomic E-state index is 11.0. The van der Waals surface area contributed by atoms with E-state index in [0.29, 0.717) is 6.54 Å². The Morgan fingerprint density at radius 2 is 2.11 bits per heavy atom. The van der Waals surface area contributed by atoms with Gasteiger partial charge in [0.2, 0.25) is 0 Å². The van der Waals surface area contributed by atoms with Crippen LogP contribution in [-0.4, -0.2) is 34.6 Å². The van der Waals surface area contributed by atoms with Gasteiger partial charge in [0.1, 0.15) is 12.1 Å². The van der Waals surface area contributed by atoms with Crippen molar-refractivity contribution in [2.75, 3.05) is 18.5 Å². The number of carboxylic acid groups (broad SMARTS) is 1. The van der Waals surface area contributed by atoms with Crippen molar-refractivity contribution in [2.24, 2.45) is 5.92 Å². The molecule has 104 valence electrons. The van der Waals surface area contributed by atoms with Crippen LogP contribution in [0.2, 0.25) is 0 Å². The molecule has 1 unspecified atom stereocenters. The van der Waals surface area contributed by atoms with Gasteiger partial charge >= 0.3 is 5.97 Å². The summed E-state index contributed by atoms with van der Waals surface area (Å²) < 4.78 is 0. The van der Waals surface area contributed by atoms with E-state index in [-0.39, 0.29) is 0 Å². The van der Waals surface area contributed by atoms with Crippen LogP contribution in [0.4, 0.5) is 5.82 Å². The van der Waals surface area contributed by atoms with Crippen molar-refractivity contribution in [1.29, 1.82) is 0 Å². The average molecular weight is 263 g/mol. The zero-order chi connectivity index (χ0) is 13.8. The normalized spacial score (nSPS) is 16.3. The molecule has 0 aromatic carbocycles. The topological polar surface area (TPSA) is 66.3 Å². The largest absolute Gasteiger partial charge is 0.481 e. The van der Waals surface area contributed by atoms with Gasteiger partial charge in [-0.15, -0.1) is 0 Å². The van der Waals surface area contributed by atoms with Crippen LogP contribution in [0.15, 0.2) is 6.33 Å². The number of anilines is 1. The molecule has 0 bridgehead atoms. The number of carbonyl (C=O) groups is 1. The molecular formula is C14H21N3O2. The van der Waals surface area contributed by atoms with Crippen molar-refractivity contribution in [3.8, 4) is 0 Å². The van der Waals surface area contributed by atoms with Gasteiger partial charge in [0.25, 0.3) is 0 Å². The molecule has 1 heterocycles. The average Bonchev–Trinajstić information content (AvgIpc) is 2.62. The molecule has 1 aromatic heterocycles. The summed E-state index contributed by atoms with van der Waals surface area (Å²) in [5.41, 5.74) is 2.34. The van der Waals surface area contributed by atoms with Gasteiger partial charge in [-0.3, -0.25) is 4.79 Å². The summed E-state index contributed by atoms with van der Waals surface area (Å²) in [5.74, 6) is -0.270. The fraction of sp³-hybridized carbons (Fsp3) is 0.643. The summed E-state index contributed by atoms with van der Waals surface area (Å²) in [6.45, 7) is 2.19. The van der Waals surface area contributed by atoms with Crippen LogP contribution in [0.3, 0.4) is 0 Å². The number of fused-ring (bicyclic) bond motifs is 1. The standard InChI is InChI=1S/C14H21N3O2/c1-10(14(18)19)8-17(2)13-11-6-4-3-5-7-12(11)15-9-16-13/h9-10H,3-8H2,1-2H3,(H,18,19). The Bertz CT molecular complexity index is 462. The monoisotopic (exact) mass is 263 g/mol. The third-order valence-corrected chi connectivity index (χ3v) is 3.68. The molecule has 1 N–H and O–H groups in total. The second kappa shape index (κ2) is 5.99. The van der Waals surface area contributed by atoms with Crippen LogP contribution in [0.5, 0.6) is 0 Å². The minimum atomic E-state index is -0.771. The van der Waals surface area contributed by atoms with Crippen LogP contribution in [0, 0.1) is 5.92 Å². The van der Waals surface area contributed by atoms with E-state index in [9.17, 15) is 4.79 Å². The lowest BCUT2D eigenvalue weighted by molar-refractivity contribution is -0.140. The molecule has 0 amide bonds. The molecule has 19 heavy (non-hydrogen) atoms. The summed E-state index contributed by atoms with van der Waals surface area (Å²) in [6.07, 6.45) is 7.17. The lowest BCUT2D eigenvalue weighted by atomic mass is 10.1. The number of hydrogen-bond donors (Lipinski definition) is 1. The molecule has 0 spiro atoms. The highest BCUT2D eigenvalue weighted by atomic mass is 16.4. The Hall–Kier alpha value is -1.65. The molecule has 0 saturated carbocycles. The molecule has 1 aliphatic rings. The second-order valence-electron chi connectivity index (χ2n) is 5.30. The lowest BCUT2D eigenvalue weighted by Gasteiger charge is -2.23. The molecule has 2 rings (SSSR count). The van der Waals surface area contributed by atoms with E-state index < -0.39 is 11.9 Å². The molecule has 5 nitrogen and oxygen atoms in total. The summed E-state index contributed by atoms with van der Waals surface area (Å²) in [4.78, 5) is 21.6. The van der Waals surface area contributed by atoms with Gasteiger partial charge in [0.05, 0.1) is 5.92 Å². The van der Waals surface area contributed by atoms with Crippen LogP contribution < -0.4 is 4.90 Å². The molecule has 5 heteroatoms. The van der Waals surface area contributed by atoms with E-state index in [2.05, 4.69) is 9.97 Å². The first-order valence-corrected chi connectivity index (χ1v) is 6.86. The van der Waals surface area contributed by atoms with Crippen molar-refractivity contribution >= 4 is 11.8 Å². The van der Waals surface area contributed by atoms with Crippen molar-refractivity contribution in [1.82, 2.24) is 9.97 Å². The van der Waals surface area contributed by atoms with Crippen LogP contribution in [0.1, 0.15) is 37.4 Å². The Labute approximate surface area is 113 Å². The van der Waals surface area contributed by atoms with Gasteiger partial charge in [-0.25, -0.2) is 9.97 Å². The first-order chi connectivity index (χ1) is 9.09. The van der Waals surface area contributed by atoms with Crippen LogP contribution >= 0.6 is 0 Å². The smallest absolute Gasteiger partial charge is 0.308 e. The molecule has 0 aliphatic heterocycles. The van der Waals surface area contributed by atoms with Gasteiger partial charge in [-0.2, -0.15) is 0 Å². The molecule has 1 aromatic rings. The number of aryl methyl sites for hydroxylation is 1. The predicted octanol–water partition coefficient (Wildman–Crippen LogP) is 1.90. The van der Waals surface area contributed by atoms with Gasteiger partial charge < -0.3 is 10.0 Å². The Kier molecular flexibility index (Phi) is 4.35. The Morgan fingerprint density at radius 3 is 2.84 bits per heavy atom. The van der Waals surface area contributed by atoms with Gasteiger partial charge in [-0.05, 0) is 25.7 Å². The summed E-state index contributed by atoms with van der Waals surface area (Å²) in [7, 11) is 1.91. The van der Waals surface area contributed by atoms with Crippen molar-refractivity contribution in [3.05, 3.63) is 17.6 Å². The first kappa shape index (κ1) is 13.8. The Balaban J connectivity index is 2.22. The van der Waals surface area contributed by atoms with Crippen LogP contribution in [0.25, 0.3) is 0 Å². The predicted molar refractivity (Wildman–Crippen MR) is 73.4 cm³/mol. The van der Waals surface area contributed by atoms with Crippen molar-refractivity contribution < 1.29 is 9.90 Å². The summed E-state index contributed by atoms with van der Waals surface area (Å²) in [6, 6.07) is 0. The van der Waals surface area contributed by atoms with E-state index in [1.807, 2.05) is 11.9 Å². The minimum Gasteiger partial charge on any atom is -0.481 e. The maximum absolute atomic E-state index is 11.0. The number of aromatic nitrogens is 2. The highest BCUT2D eigenvalue weighted by Gasteiger charge is 2.20. The molecule has 0 saturated heterocycles. The lowest BCUT2D eigenvalue weighted by Crippen LogP contribution is -2.30. The fourth-order valence-electron chi connectivity index (χ4n) is 2.58. The Morgan fingerprint density at radius 1 is 1.37 bits per heavy atom. The zero-order valence-corrected chi connectivity index (χ0v) is 11.6. The summed E-state index contributed by atoms with van der Waals surface area (Å²) >= 11 is 0. The van der Waals surface area contributed by atoms with Crippen molar-refractivity contribution in [2.45, 2.75) is 39.0 Å². The van der Waals surface area contributed by atoms with E-state index in [4.69, 9.17) is 5.11 Å². The fourth-order valence-corrected chi connectivity index (χ4v) is 2.58. The highest BCUT2D eigenvalue weighted by molar-refractivity contribution is 5.70. The SMILES string of the molecule is CC(CN(C)c1ncnc2c1CCCCC2)C(=O)O. The third kappa shape index (κ3) is 3.22. The highest BCUT2D eigenvalue weighted by Crippen LogP contribution is 2.26. The van der Waals surface area contributed by atoms with Crippen LogP contribution in [-0.2, 0) is 17.6 Å². The molecule has 1 aliphatic carbocycles. The molecule has 0 radical (unpaired) electrons. The minimum absolute atomic E-state index is 0.401. The number of carboxylic acids is 1. The number of hydrogen-bond acceptors (Lipinski definition) is 4. The quantitative estimate of drug-likeness (QED) is 0.840. The maximum Gasteiger partial charge on any atom is 0.308 e. The van der Waals surface area contributed by atoms with Gasteiger partial charge in [0, 0.05) is 24.8 Å². The van der Waals surface area contributed by atoms with E-state index in [1.54, 1.807) is 13.3 Å². The van der Waals surface area contributed by atoms with Gasteiger partial charge in [0.15, 0.2) is 0 Å². The van der Waals surface area contributed by atoms with Crippen molar-refractivity contribution in [3.63, 3.8) is 0 Å². The zero-order valence-electron chi connectivity index (χ0n) is 11.6. The first-order valence-electron chi connectivity index (χ1n) is 6.86. The number of aliphatic carboxylic acids is 1. The number of rotatable bonds is 4. The second-order valence-corrected chi connectivity index (χ2v) is 5.30. The molecule has 0 fully saturated rings. The molecule has 1 atom stereocenters. The molecular weight excluding hydrogens is 242 g/mol. The van der Waals surface area contributed by atoms with Gasteiger partial charge in [-0.1, -0.05) is 13.3 Å². The third-order valence-electron chi connectivity index (χ3n) is 3.68. The van der Waals surface area contributed by atoms with E-state index in [1.165, 1.54) is 18.4 Å². The number of nitrogens with zero attached hydrogens (tertiary/aromatic N) is 3. The summed E-state index contributed by atoms with van der Waals surface area (Å²) in [5, 5.41) is 9.00. The van der Waals surface area contributed by atoms with E-state index >= 15 is 0 Å². The van der Waals surface area contributed by atoms with E-state index in [0.717, 1.165) is 30.8 Å².